The Kier molecular flexibility index (Phi) is 9.24. The summed E-state index contributed by atoms with van der Waals surface area (Å²) < 4.78 is 29.0. The molecular formula is C28H39N7O6S. The van der Waals surface area contributed by atoms with Gasteiger partial charge >= 0.3 is 12.1 Å². The van der Waals surface area contributed by atoms with E-state index in [1.807, 2.05) is 25.7 Å². The van der Waals surface area contributed by atoms with Crippen LogP contribution in [-0.4, -0.2) is 103 Å². The highest BCUT2D eigenvalue weighted by Gasteiger charge is 2.30. The van der Waals surface area contributed by atoms with Gasteiger partial charge in [0, 0.05) is 58.0 Å². The summed E-state index contributed by atoms with van der Waals surface area (Å²) in [4.78, 5) is 52.0. The van der Waals surface area contributed by atoms with Crippen LogP contribution in [0.15, 0.2) is 35.4 Å². The van der Waals surface area contributed by atoms with Gasteiger partial charge in [-0.2, -0.15) is 0 Å². The summed E-state index contributed by atoms with van der Waals surface area (Å²) in [5, 5.41) is 3.11. The van der Waals surface area contributed by atoms with E-state index in [2.05, 4.69) is 10.3 Å². The van der Waals surface area contributed by atoms with Crippen LogP contribution < -0.4 is 16.0 Å². The number of aromatic nitrogens is 2. The fraction of sp³-hybridized carbons (Fsp3) is 0.536. The third kappa shape index (κ3) is 8.08. The molecule has 2 aliphatic heterocycles. The first-order valence-electron chi connectivity index (χ1n) is 13.9. The second-order valence-electron chi connectivity index (χ2n) is 11.7. The Morgan fingerprint density at radius 1 is 1.05 bits per heavy atom. The van der Waals surface area contributed by atoms with E-state index in [0.29, 0.717) is 50.8 Å². The summed E-state index contributed by atoms with van der Waals surface area (Å²) in [6.07, 6.45) is 4.14. The second-order valence-corrected chi connectivity index (χ2v) is 13.7. The van der Waals surface area contributed by atoms with E-state index >= 15 is 0 Å². The molecule has 1 atom stereocenters. The van der Waals surface area contributed by atoms with Crippen molar-refractivity contribution >= 4 is 33.7 Å². The van der Waals surface area contributed by atoms with Gasteiger partial charge in [-0.3, -0.25) is 4.79 Å². The Labute approximate surface area is 246 Å². The summed E-state index contributed by atoms with van der Waals surface area (Å²) in [6, 6.07) is 6.08. The SMILES string of the molecule is CC(C)(C)OC(=O)N1CCN(C(=O)NC2CCCN(c3cnc(C(N)=O)c(Cc4ccc(S(C)(=O)=O)cc4)n3)C2)CC1. The molecule has 0 radical (unpaired) electrons. The van der Waals surface area contributed by atoms with Crippen LogP contribution >= 0.6 is 0 Å². The van der Waals surface area contributed by atoms with E-state index in [1.165, 1.54) is 18.3 Å². The van der Waals surface area contributed by atoms with Crippen LogP contribution in [0.3, 0.4) is 0 Å². The zero-order chi connectivity index (χ0) is 30.7. The lowest BCUT2D eigenvalue weighted by Gasteiger charge is -2.38. The molecule has 0 aliphatic carbocycles. The molecule has 228 valence electrons. The van der Waals surface area contributed by atoms with Crippen LogP contribution in [0, 0.1) is 0 Å². The monoisotopic (exact) mass is 601 g/mol. The molecule has 1 aromatic heterocycles. The molecule has 2 aliphatic rings. The zero-order valence-corrected chi connectivity index (χ0v) is 25.3. The summed E-state index contributed by atoms with van der Waals surface area (Å²) in [7, 11) is -3.33. The minimum atomic E-state index is -3.33. The molecule has 2 aromatic rings. The molecular weight excluding hydrogens is 562 g/mol. The van der Waals surface area contributed by atoms with Crippen molar-refractivity contribution in [3.63, 3.8) is 0 Å². The number of sulfone groups is 1. The number of nitrogens with zero attached hydrogens (tertiary/aromatic N) is 5. The van der Waals surface area contributed by atoms with Crippen molar-refractivity contribution in [3.8, 4) is 0 Å². The minimum Gasteiger partial charge on any atom is -0.444 e. The van der Waals surface area contributed by atoms with Crippen LogP contribution in [-0.2, 0) is 21.0 Å². The van der Waals surface area contributed by atoms with Crippen molar-refractivity contribution in [2.45, 2.75) is 56.6 Å². The lowest BCUT2D eigenvalue weighted by atomic mass is 10.1. The number of carbonyl (C=O) groups excluding carboxylic acids is 3. The number of ether oxygens (including phenoxy) is 1. The zero-order valence-electron chi connectivity index (χ0n) is 24.5. The highest BCUT2D eigenvalue weighted by Crippen LogP contribution is 2.21. The standard InChI is InChI=1S/C28H39N7O6S/c1-28(2,3)41-27(38)34-14-12-33(13-15-34)26(37)31-20-6-5-11-35(18-20)23-17-30-24(25(29)36)22(32-23)16-19-7-9-21(10-8-19)42(4,39)40/h7-10,17,20H,5-6,11-16,18H2,1-4H3,(H2,29,36)(H,31,37). The molecule has 0 spiro atoms. The van der Waals surface area contributed by atoms with Gasteiger partial charge in [0.1, 0.15) is 17.1 Å². The van der Waals surface area contributed by atoms with E-state index < -0.39 is 21.3 Å². The Bertz CT molecular complexity index is 1420. The lowest BCUT2D eigenvalue weighted by molar-refractivity contribution is 0.0169. The number of rotatable bonds is 6. The molecule has 2 fully saturated rings. The van der Waals surface area contributed by atoms with E-state index in [1.54, 1.807) is 21.9 Å². The molecule has 3 heterocycles. The predicted molar refractivity (Wildman–Crippen MR) is 156 cm³/mol. The maximum absolute atomic E-state index is 13.0. The van der Waals surface area contributed by atoms with Gasteiger partial charge in [-0.1, -0.05) is 12.1 Å². The number of hydrogen-bond acceptors (Lipinski definition) is 9. The van der Waals surface area contributed by atoms with Crippen LogP contribution in [0.1, 0.15) is 55.4 Å². The van der Waals surface area contributed by atoms with Crippen molar-refractivity contribution < 1.29 is 27.5 Å². The van der Waals surface area contributed by atoms with E-state index in [0.717, 1.165) is 24.7 Å². The number of anilines is 1. The van der Waals surface area contributed by atoms with Gasteiger partial charge in [0.15, 0.2) is 9.84 Å². The molecule has 2 saturated heterocycles. The van der Waals surface area contributed by atoms with Crippen molar-refractivity contribution in [3.05, 3.63) is 47.4 Å². The van der Waals surface area contributed by atoms with Gasteiger partial charge in [-0.15, -0.1) is 0 Å². The molecule has 4 rings (SSSR count). The number of nitrogens with one attached hydrogen (secondary N) is 1. The Morgan fingerprint density at radius 3 is 2.29 bits per heavy atom. The smallest absolute Gasteiger partial charge is 0.410 e. The third-order valence-corrected chi connectivity index (χ3v) is 8.21. The number of piperazine rings is 1. The summed E-state index contributed by atoms with van der Waals surface area (Å²) in [6.45, 7) is 8.31. The molecule has 1 unspecified atom stereocenters. The number of nitrogens with two attached hydrogens (primary N) is 1. The predicted octanol–water partition coefficient (Wildman–Crippen LogP) is 1.80. The normalized spacial score (nSPS) is 18.0. The van der Waals surface area contributed by atoms with Gasteiger partial charge in [0.05, 0.1) is 16.8 Å². The third-order valence-electron chi connectivity index (χ3n) is 7.08. The molecule has 14 heteroatoms. The van der Waals surface area contributed by atoms with Crippen LogP contribution in [0.4, 0.5) is 15.4 Å². The van der Waals surface area contributed by atoms with Crippen molar-refractivity contribution in [2.75, 3.05) is 50.4 Å². The number of hydrogen-bond donors (Lipinski definition) is 2. The topological polar surface area (TPSA) is 168 Å². The van der Waals surface area contributed by atoms with Gasteiger partial charge in [-0.25, -0.2) is 28.0 Å². The summed E-state index contributed by atoms with van der Waals surface area (Å²) in [5.74, 6) is -0.139. The average Bonchev–Trinajstić information content (AvgIpc) is 2.92. The van der Waals surface area contributed by atoms with Gasteiger partial charge in [0.25, 0.3) is 5.91 Å². The summed E-state index contributed by atoms with van der Waals surface area (Å²) >= 11 is 0. The maximum Gasteiger partial charge on any atom is 0.410 e. The first kappa shape index (κ1) is 31.0. The number of primary amides is 1. The van der Waals surface area contributed by atoms with Crippen molar-refractivity contribution in [2.24, 2.45) is 5.73 Å². The maximum atomic E-state index is 13.0. The molecule has 13 nitrogen and oxygen atoms in total. The number of carbonyl (C=O) groups is 3. The molecule has 0 saturated carbocycles. The lowest BCUT2D eigenvalue weighted by Crippen LogP contribution is -2.57. The van der Waals surface area contributed by atoms with Gasteiger partial charge < -0.3 is 30.5 Å². The number of benzene rings is 1. The largest absolute Gasteiger partial charge is 0.444 e. The number of piperidine rings is 1. The van der Waals surface area contributed by atoms with Crippen molar-refractivity contribution in [1.82, 2.24) is 25.1 Å². The molecule has 3 N–H and O–H groups in total. The Balaban J connectivity index is 1.38. The first-order chi connectivity index (χ1) is 19.7. The average molecular weight is 602 g/mol. The van der Waals surface area contributed by atoms with Crippen LogP contribution in [0.2, 0.25) is 0 Å². The van der Waals surface area contributed by atoms with E-state index in [9.17, 15) is 22.8 Å². The van der Waals surface area contributed by atoms with Crippen LogP contribution in [0.5, 0.6) is 0 Å². The highest BCUT2D eigenvalue weighted by atomic mass is 32.2. The molecule has 1 aromatic carbocycles. The number of urea groups is 1. The van der Waals surface area contributed by atoms with Crippen molar-refractivity contribution in [1.29, 1.82) is 0 Å². The van der Waals surface area contributed by atoms with Gasteiger partial charge in [0.2, 0.25) is 0 Å². The summed E-state index contributed by atoms with van der Waals surface area (Å²) in [5.41, 5.74) is 6.19. The minimum absolute atomic E-state index is 0.0540. The Morgan fingerprint density at radius 2 is 1.69 bits per heavy atom. The second kappa shape index (κ2) is 12.5. The van der Waals surface area contributed by atoms with E-state index in [4.69, 9.17) is 15.5 Å². The Hall–Kier alpha value is -3.94. The van der Waals surface area contributed by atoms with E-state index in [-0.39, 0.29) is 35.2 Å². The number of amides is 4. The van der Waals surface area contributed by atoms with Crippen LogP contribution in [0.25, 0.3) is 0 Å². The molecule has 42 heavy (non-hydrogen) atoms. The molecule has 0 bridgehead atoms. The quantitative estimate of drug-likeness (QED) is 0.502. The highest BCUT2D eigenvalue weighted by molar-refractivity contribution is 7.90. The first-order valence-corrected chi connectivity index (χ1v) is 15.8. The fourth-order valence-corrected chi connectivity index (χ4v) is 5.56. The van der Waals surface area contributed by atoms with Gasteiger partial charge in [-0.05, 0) is 51.3 Å². The fourth-order valence-electron chi connectivity index (χ4n) is 4.93. The molecule has 4 amide bonds.